The van der Waals surface area contributed by atoms with Crippen molar-refractivity contribution in [2.45, 2.75) is 31.5 Å². The van der Waals surface area contributed by atoms with Gasteiger partial charge in [-0.3, -0.25) is 5.32 Å². The van der Waals surface area contributed by atoms with E-state index in [1.54, 1.807) is 0 Å². The summed E-state index contributed by atoms with van der Waals surface area (Å²) in [4.78, 5) is 5.17. The van der Waals surface area contributed by atoms with Gasteiger partial charge in [0.25, 0.3) is 0 Å². The number of rotatable bonds is 1. The van der Waals surface area contributed by atoms with E-state index in [1.165, 1.54) is 0 Å². The summed E-state index contributed by atoms with van der Waals surface area (Å²) >= 11 is 0. The molecule has 0 amide bonds. The molecule has 2 aliphatic rings. The first kappa shape index (κ1) is 8.44. The Morgan fingerprint density at radius 2 is 2.17 bits per heavy atom. The number of hydrogen-bond donors (Lipinski definition) is 2. The molecular weight excluding hydrogens is 156 g/mol. The molecule has 0 radical (unpaired) electrons. The molecule has 4 heteroatoms. The number of nitrogens with one attached hydrogen (secondary N) is 2. The maximum Gasteiger partial charge on any atom is 0.125 e. The first-order valence-electron chi connectivity index (χ1n) is 4.69. The lowest BCUT2D eigenvalue weighted by Gasteiger charge is -2.33. The van der Waals surface area contributed by atoms with E-state index < -0.39 is 0 Å². The fraction of sp³-hybridized carbons (Fsp3) is 1.00. The number of ether oxygens (including phenoxy) is 1. The van der Waals surface area contributed by atoms with E-state index in [0.717, 1.165) is 39.0 Å². The van der Waals surface area contributed by atoms with Gasteiger partial charge in [0, 0.05) is 6.61 Å². The topological polar surface area (TPSA) is 42.5 Å². The van der Waals surface area contributed by atoms with Crippen LogP contribution < -0.4 is 10.8 Å². The van der Waals surface area contributed by atoms with Crippen molar-refractivity contribution in [1.29, 1.82) is 0 Å². The summed E-state index contributed by atoms with van der Waals surface area (Å²) in [6.07, 6.45) is 3.53. The monoisotopic (exact) mass is 172 g/mol. The third-order valence-electron chi connectivity index (χ3n) is 2.33. The first-order chi connectivity index (χ1) is 5.97. The molecule has 0 aliphatic carbocycles. The Bertz CT molecular complexity index is 115. The van der Waals surface area contributed by atoms with Crippen molar-refractivity contribution >= 4 is 0 Å². The van der Waals surface area contributed by atoms with Crippen molar-refractivity contribution in [2.75, 3.05) is 19.8 Å². The van der Waals surface area contributed by atoms with Crippen molar-refractivity contribution in [3.8, 4) is 0 Å². The zero-order valence-electron chi connectivity index (χ0n) is 7.21. The van der Waals surface area contributed by atoms with Crippen molar-refractivity contribution in [1.82, 2.24) is 10.8 Å². The molecule has 70 valence electrons. The van der Waals surface area contributed by atoms with Crippen LogP contribution in [0.2, 0.25) is 0 Å². The van der Waals surface area contributed by atoms with Crippen molar-refractivity contribution in [3.05, 3.63) is 0 Å². The molecule has 2 heterocycles. The van der Waals surface area contributed by atoms with Crippen LogP contribution in [-0.2, 0) is 9.57 Å². The lowest BCUT2D eigenvalue weighted by atomic mass is 10.1. The average molecular weight is 172 g/mol. The second-order valence-corrected chi connectivity index (χ2v) is 3.31. The van der Waals surface area contributed by atoms with Gasteiger partial charge in [-0.2, -0.15) is 5.48 Å². The van der Waals surface area contributed by atoms with E-state index in [9.17, 15) is 0 Å². The number of hydroxylamine groups is 1. The zero-order valence-corrected chi connectivity index (χ0v) is 7.21. The van der Waals surface area contributed by atoms with Crippen LogP contribution in [-0.4, -0.2) is 32.0 Å². The molecule has 2 aliphatic heterocycles. The summed E-state index contributed by atoms with van der Waals surface area (Å²) in [5.41, 5.74) is 3.00. The fourth-order valence-electron chi connectivity index (χ4n) is 1.66. The minimum absolute atomic E-state index is 0.152. The first-order valence-corrected chi connectivity index (χ1v) is 4.69. The highest BCUT2D eigenvalue weighted by Gasteiger charge is 2.25. The van der Waals surface area contributed by atoms with Crippen LogP contribution in [0.1, 0.15) is 19.3 Å². The maximum atomic E-state index is 5.56. The van der Waals surface area contributed by atoms with Gasteiger partial charge in [0.05, 0.1) is 12.6 Å². The Hall–Kier alpha value is -0.160. The molecule has 0 spiro atoms. The fourth-order valence-corrected chi connectivity index (χ4v) is 1.66. The maximum absolute atomic E-state index is 5.56. The zero-order chi connectivity index (χ0) is 8.23. The molecule has 4 nitrogen and oxygen atoms in total. The minimum atomic E-state index is 0.152. The Labute approximate surface area is 72.6 Å². The van der Waals surface area contributed by atoms with Crippen LogP contribution in [0.4, 0.5) is 0 Å². The molecule has 0 saturated carbocycles. The molecule has 0 bridgehead atoms. The van der Waals surface area contributed by atoms with Crippen LogP contribution in [0.25, 0.3) is 0 Å². The SMILES string of the molecule is C1CNC(C2CCCON2)OC1. The van der Waals surface area contributed by atoms with Crippen molar-refractivity contribution in [3.63, 3.8) is 0 Å². The van der Waals surface area contributed by atoms with E-state index in [4.69, 9.17) is 9.57 Å². The van der Waals surface area contributed by atoms with Gasteiger partial charge in [-0.05, 0) is 25.8 Å². The van der Waals surface area contributed by atoms with E-state index in [2.05, 4.69) is 10.8 Å². The molecule has 0 aromatic rings. The molecule has 2 rings (SSSR count). The largest absolute Gasteiger partial charge is 0.362 e. The van der Waals surface area contributed by atoms with Crippen LogP contribution in [0.5, 0.6) is 0 Å². The van der Waals surface area contributed by atoms with Gasteiger partial charge in [-0.15, -0.1) is 0 Å². The van der Waals surface area contributed by atoms with Gasteiger partial charge >= 0.3 is 0 Å². The molecule has 2 atom stereocenters. The van der Waals surface area contributed by atoms with E-state index in [0.29, 0.717) is 6.04 Å². The smallest absolute Gasteiger partial charge is 0.125 e. The predicted octanol–water partition coefficient (Wildman–Crippen LogP) is 0.00600. The quantitative estimate of drug-likeness (QED) is 0.584. The second-order valence-electron chi connectivity index (χ2n) is 3.31. The third kappa shape index (κ3) is 1.95. The van der Waals surface area contributed by atoms with Crippen LogP contribution in [0.3, 0.4) is 0 Å². The summed E-state index contributed by atoms with van der Waals surface area (Å²) < 4.78 is 5.56. The van der Waals surface area contributed by atoms with Gasteiger partial charge in [-0.1, -0.05) is 0 Å². The highest BCUT2D eigenvalue weighted by atomic mass is 16.6. The second kappa shape index (κ2) is 4.18. The highest BCUT2D eigenvalue weighted by molar-refractivity contribution is 4.76. The van der Waals surface area contributed by atoms with Gasteiger partial charge in [0.1, 0.15) is 6.23 Å². The molecule has 2 unspecified atom stereocenters. The normalized spacial score (nSPS) is 38.0. The highest BCUT2D eigenvalue weighted by Crippen LogP contribution is 2.11. The Balaban J connectivity index is 1.80. The van der Waals surface area contributed by atoms with Gasteiger partial charge in [-0.25, -0.2) is 0 Å². The van der Waals surface area contributed by atoms with E-state index in [-0.39, 0.29) is 6.23 Å². The number of hydrogen-bond acceptors (Lipinski definition) is 4. The lowest BCUT2D eigenvalue weighted by molar-refractivity contribution is -0.0973. The van der Waals surface area contributed by atoms with Crippen LogP contribution >= 0.6 is 0 Å². The molecule has 2 N–H and O–H groups in total. The van der Waals surface area contributed by atoms with Gasteiger partial charge < -0.3 is 9.57 Å². The van der Waals surface area contributed by atoms with E-state index in [1.807, 2.05) is 0 Å². The third-order valence-corrected chi connectivity index (χ3v) is 2.33. The summed E-state index contributed by atoms with van der Waals surface area (Å²) in [7, 11) is 0. The Morgan fingerprint density at radius 1 is 1.17 bits per heavy atom. The molecule has 12 heavy (non-hydrogen) atoms. The summed E-state index contributed by atoms with van der Waals surface area (Å²) in [6.45, 7) is 2.75. The predicted molar refractivity (Wildman–Crippen MR) is 44.5 cm³/mol. The van der Waals surface area contributed by atoms with Gasteiger partial charge in [0.15, 0.2) is 0 Å². The Kier molecular flexibility index (Phi) is 2.94. The van der Waals surface area contributed by atoms with Gasteiger partial charge in [0.2, 0.25) is 0 Å². The Morgan fingerprint density at radius 3 is 2.83 bits per heavy atom. The van der Waals surface area contributed by atoms with E-state index >= 15 is 0 Å². The standard InChI is InChI=1S/C8H16N2O2/c1-3-7(10-12-6-1)8-9-4-2-5-11-8/h7-10H,1-6H2. The minimum Gasteiger partial charge on any atom is -0.362 e. The van der Waals surface area contributed by atoms with Crippen molar-refractivity contribution < 1.29 is 9.57 Å². The summed E-state index contributed by atoms with van der Waals surface area (Å²) in [5.74, 6) is 0. The molecule has 0 aromatic heterocycles. The van der Waals surface area contributed by atoms with Crippen LogP contribution in [0, 0.1) is 0 Å². The summed E-state index contributed by atoms with van der Waals surface area (Å²) in [6, 6.07) is 0.332. The molecule has 0 aromatic carbocycles. The molecule has 2 fully saturated rings. The molecular formula is C8H16N2O2. The van der Waals surface area contributed by atoms with Crippen LogP contribution in [0.15, 0.2) is 0 Å². The lowest BCUT2D eigenvalue weighted by Crippen LogP contribution is -2.53. The summed E-state index contributed by atoms with van der Waals surface area (Å²) in [5, 5.41) is 3.32. The molecule has 2 saturated heterocycles. The average Bonchev–Trinajstić information content (AvgIpc) is 2.21. The van der Waals surface area contributed by atoms with Crippen molar-refractivity contribution in [2.24, 2.45) is 0 Å².